The summed E-state index contributed by atoms with van der Waals surface area (Å²) in [6, 6.07) is 8.84. The first-order valence-electron chi connectivity index (χ1n) is 5.82. The van der Waals surface area contributed by atoms with Crippen LogP contribution in [-0.4, -0.2) is 26.5 Å². The Kier molecular flexibility index (Phi) is 4.21. The second-order valence-electron chi connectivity index (χ2n) is 4.03. The van der Waals surface area contributed by atoms with Crippen molar-refractivity contribution in [3.8, 4) is 0 Å². The van der Waals surface area contributed by atoms with Crippen molar-refractivity contribution in [1.82, 2.24) is 9.71 Å². The van der Waals surface area contributed by atoms with Crippen LogP contribution in [-0.2, 0) is 19.6 Å². The van der Waals surface area contributed by atoms with E-state index in [4.69, 9.17) is 0 Å². The lowest BCUT2D eigenvalue weighted by Gasteiger charge is -2.16. The lowest BCUT2D eigenvalue weighted by Crippen LogP contribution is -2.34. The van der Waals surface area contributed by atoms with E-state index >= 15 is 0 Å². The van der Waals surface area contributed by atoms with Crippen LogP contribution in [0.4, 0.5) is 0 Å². The van der Waals surface area contributed by atoms with Crippen LogP contribution >= 0.6 is 0 Å². The van der Waals surface area contributed by atoms with Gasteiger partial charge in [-0.2, -0.15) is 4.72 Å². The molecule has 1 atom stereocenters. The Morgan fingerprint density at radius 2 is 1.95 bits per heavy atom. The van der Waals surface area contributed by atoms with Gasteiger partial charge in [0.05, 0.1) is 12.0 Å². The van der Waals surface area contributed by atoms with Crippen LogP contribution in [0.2, 0.25) is 0 Å². The number of ether oxygens (including phenoxy) is 1. The Morgan fingerprint density at radius 1 is 1.25 bits per heavy atom. The zero-order valence-electron chi connectivity index (χ0n) is 10.7. The van der Waals surface area contributed by atoms with Gasteiger partial charge in [0.15, 0.2) is 0 Å². The smallest absolute Gasteiger partial charge is 0.328 e. The van der Waals surface area contributed by atoms with Crippen LogP contribution in [0, 0.1) is 0 Å². The minimum Gasteiger partial charge on any atom is -0.468 e. The zero-order valence-corrected chi connectivity index (χ0v) is 11.6. The molecule has 2 aromatic rings. The van der Waals surface area contributed by atoms with Crippen molar-refractivity contribution in [2.24, 2.45) is 0 Å². The number of benzene rings is 1. The molecule has 1 unspecified atom stereocenters. The molecular formula is C13H14N2O4S. The second kappa shape index (κ2) is 5.89. The van der Waals surface area contributed by atoms with Crippen LogP contribution in [0.1, 0.15) is 11.6 Å². The molecule has 6 nitrogen and oxygen atoms in total. The van der Waals surface area contributed by atoms with E-state index in [0.717, 1.165) is 0 Å². The molecule has 2 N–H and O–H groups in total. The predicted octanol–water partition coefficient (Wildman–Crippen LogP) is 1.21. The quantitative estimate of drug-likeness (QED) is 0.811. The topological polar surface area (TPSA) is 88.3 Å². The molecule has 7 heteroatoms. The largest absolute Gasteiger partial charge is 0.468 e. The average Bonchev–Trinajstić information content (AvgIpc) is 3.00. The van der Waals surface area contributed by atoms with Crippen molar-refractivity contribution >= 4 is 16.0 Å². The summed E-state index contributed by atoms with van der Waals surface area (Å²) in [5.74, 6) is -0.671. The van der Waals surface area contributed by atoms with Crippen molar-refractivity contribution in [3.05, 3.63) is 54.4 Å². The third kappa shape index (κ3) is 3.06. The molecule has 1 aromatic heterocycles. The monoisotopic (exact) mass is 294 g/mol. The van der Waals surface area contributed by atoms with Crippen LogP contribution in [0.25, 0.3) is 0 Å². The molecule has 0 fully saturated rings. The summed E-state index contributed by atoms with van der Waals surface area (Å²) in [6.07, 6.45) is 2.83. The zero-order chi connectivity index (χ0) is 14.6. The SMILES string of the molecule is COC(=O)C(NS(=O)(=O)c1cc[nH]c1)c1ccccc1. The molecule has 106 valence electrons. The highest BCUT2D eigenvalue weighted by Gasteiger charge is 2.27. The van der Waals surface area contributed by atoms with Crippen molar-refractivity contribution < 1.29 is 17.9 Å². The average molecular weight is 294 g/mol. The van der Waals surface area contributed by atoms with Gasteiger partial charge in [-0.15, -0.1) is 0 Å². The summed E-state index contributed by atoms with van der Waals surface area (Å²) in [7, 11) is -2.59. The van der Waals surface area contributed by atoms with Crippen molar-refractivity contribution in [1.29, 1.82) is 0 Å². The van der Waals surface area contributed by atoms with Crippen molar-refractivity contribution in [2.45, 2.75) is 10.9 Å². The fourth-order valence-corrected chi connectivity index (χ4v) is 2.86. The van der Waals surface area contributed by atoms with Gasteiger partial charge in [0, 0.05) is 12.4 Å². The van der Waals surface area contributed by atoms with E-state index in [-0.39, 0.29) is 4.90 Å². The van der Waals surface area contributed by atoms with Gasteiger partial charge in [-0.25, -0.2) is 13.2 Å². The van der Waals surface area contributed by atoms with Gasteiger partial charge in [0.1, 0.15) is 6.04 Å². The molecule has 0 saturated heterocycles. The number of hydrogen-bond acceptors (Lipinski definition) is 4. The van der Waals surface area contributed by atoms with Gasteiger partial charge in [-0.05, 0) is 11.6 Å². The molecule has 0 aliphatic carbocycles. The highest BCUT2D eigenvalue weighted by Crippen LogP contribution is 2.18. The number of nitrogens with one attached hydrogen (secondary N) is 2. The number of aromatic amines is 1. The molecule has 0 radical (unpaired) electrons. The third-order valence-electron chi connectivity index (χ3n) is 2.72. The Morgan fingerprint density at radius 3 is 2.50 bits per heavy atom. The number of carbonyl (C=O) groups is 1. The number of esters is 1. The molecule has 0 saturated carbocycles. The standard InChI is InChI=1S/C13H14N2O4S/c1-19-13(16)12(10-5-3-2-4-6-10)15-20(17,18)11-7-8-14-9-11/h2-9,12,14-15H,1H3. The molecule has 0 spiro atoms. The molecular weight excluding hydrogens is 280 g/mol. The van der Waals surface area contributed by atoms with E-state index in [1.165, 1.54) is 25.6 Å². The number of aromatic nitrogens is 1. The summed E-state index contributed by atoms with van der Waals surface area (Å²) in [6.45, 7) is 0. The fourth-order valence-electron chi connectivity index (χ4n) is 1.71. The van der Waals surface area contributed by atoms with Gasteiger partial charge in [0.2, 0.25) is 10.0 Å². The first kappa shape index (κ1) is 14.3. The number of rotatable bonds is 5. The molecule has 1 heterocycles. The summed E-state index contributed by atoms with van der Waals surface area (Å²) in [5.41, 5.74) is 0.512. The molecule has 1 aromatic carbocycles. The van der Waals surface area contributed by atoms with E-state index in [1.807, 2.05) is 0 Å². The maximum absolute atomic E-state index is 12.2. The van der Waals surface area contributed by atoms with E-state index in [0.29, 0.717) is 5.56 Å². The minimum absolute atomic E-state index is 0.0577. The highest BCUT2D eigenvalue weighted by atomic mass is 32.2. The van der Waals surface area contributed by atoms with Crippen molar-refractivity contribution in [3.63, 3.8) is 0 Å². The van der Waals surface area contributed by atoms with Gasteiger partial charge in [0.25, 0.3) is 0 Å². The molecule has 0 aliphatic heterocycles. The van der Waals surface area contributed by atoms with Crippen LogP contribution in [0.5, 0.6) is 0 Å². The first-order chi connectivity index (χ1) is 9.54. The summed E-state index contributed by atoms with van der Waals surface area (Å²) >= 11 is 0. The Balaban J connectivity index is 2.33. The molecule has 0 aliphatic rings. The van der Waals surface area contributed by atoms with E-state index in [9.17, 15) is 13.2 Å². The predicted molar refractivity (Wildman–Crippen MR) is 72.3 cm³/mol. The normalized spacial score (nSPS) is 12.8. The fraction of sp³-hybridized carbons (Fsp3) is 0.154. The molecule has 0 bridgehead atoms. The second-order valence-corrected chi connectivity index (χ2v) is 5.75. The molecule has 20 heavy (non-hydrogen) atoms. The molecule has 0 amide bonds. The summed E-state index contributed by atoms with van der Waals surface area (Å²) in [4.78, 5) is 14.5. The number of methoxy groups -OCH3 is 1. The lowest BCUT2D eigenvalue weighted by atomic mass is 10.1. The Bertz CT molecular complexity index is 666. The highest BCUT2D eigenvalue weighted by molar-refractivity contribution is 7.89. The van der Waals surface area contributed by atoms with Gasteiger partial charge >= 0.3 is 5.97 Å². The Hall–Kier alpha value is -2.12. The van der Waals surface area contributed by atoms with Gasteiger partial charge in [-0.3, -0.25) is 0 Å². The lowest BCUT2D eigenvalue weighted by molar-refractivity contribution is -0.142. The van der Waals surface area contributed by atoms with E-state index in [1.54, 1.807) is 30.3 Å². The van der Waals surface area contributed by atoms with Crippen LogP contribution in [0.3, 0.4) is 0 Å². The Labute approximate surface area is 116 Å². The van der Waals surface area contributed by atoms with E-state index < -0.39 is 22.0 Å². The number of sulfonamides is 1. The summed E-state index contributed by atoms with van der Waals surface area (Å²) < 4.78 is 31.3. The maximum atomic E-state index is 12.2. The number of hydrogen-bond donors (Lipinski definition) is 2. The van der Waals surface area contributed by atoms with Crippen molar-refractivity contribution in [2.75, 3.05) is 7.11 Å². The van der Waals surface area contributed by atoms with Crippen LogP contribution < -0.4 is 4.72 Å². The van der Waals surface area contributed by atoms with Gasteiger partial charge < -0.3 is 9.72 Å². The van der Waals surface area contributed by atoms with Gasteiger partial charge in [-0.1, -0.05) is 30.3 Å². The summed E-state index contributed by atoms with van der Waals surface area (Å²) in [5, 5.41) is 0. The van der Waals surface area contributed by atoms with Crippen LogP contribution in [0.15, 0.2) is 53.7 Å². The third-order valence-corrected chi connectivity index (χ3v) is 4.14. The maximum Gasteiger partial charge on any atom is 0.328 e. The van der Waals surface area contributed by atoms with E-state index in [2.05, 4.69) is 14.4 Å². The first-order valence-corrected chi connectivity index (χ1v) is 7.31. The number of H-pyrrole nitrogens is 1. The minimum atomic E-state index is -3.80. The molecule has 2 rings (SSSR count). The number of carbonyl (C=O) groups excluding carboxylic acids is 1.